The van der Waals surface area contributed by atoms with Crippen molar-refractivity contribution in [1.82, 2.24) is 0 Å². The van der Waals surface area contributed by atoms with E-state index in [1.54, 1.807) is 0 Å². The summed E-state index contributed by atoms with van der Waals surface area (Å²) in [4.78, 5) is 44.0. The fourth-order valence-electron chi connectivity index (χ4n) is 2.40. The van der Waals surface area contributed by atoms with Gasteiger partial charge in [0.2, 0.25) is 0 Å². The van der Waals surface area contributed by atoms with Crippen molar-refractivity contribution in [1.29, 1.82) is 0 Å². The van der Waals surface area contributed by atoms with Crippen molar-refractivity contribution in [2.75, 3.05) is 0 Å². The highest BCUT2D eigenvalue weighted by Gasteiger charge is 2.32. The van der Waals surface area contributed by atoms with Crippen LogP contribution in [0.3, 0.4) is 0 Å². The average Bonchev–Trinajstić information content (AvgIpc) is 2.79. The summed E-state index contributed by atoms with van der Waals surface area (Å²) in [5.74, 6) is -0.501. The maximum absolute atomic E-state index is 12.3. The number of ketones is 1. The summed E-state index contributed by atoms with van der Waals surface area (Å²) in [6, 6.07) is 6.18. The van der Waals surface area contributed by atoms with Gasteiger partial charge in [-0.05, 0) is 34.1 Å². The predicted octanol–water partition coefficient (Wildman–Crippen LogP) is 3.60. The van der Waals surface area contributed by atoms with Crippen LogP contribution in [0.1, 0.15) is 15.9 Å². The minimum absolute atomic E-state index is 0.0944. The molecule has 8 nitrogen and oxygen atoms in total. The molecule has 1 aliphatic rings. The molecule has 0 saturated carbocycles. The molecule has 8 heteroatoms. The van der Waals surface area contributed by atoms with Gasteiger partial charge in [0.1, 0.15) is 11.4 Å². The monoisotopic (exact) mass is 283 g/mol. The molecule has 0 bridgehead atoms. The van der Waals surface area contributed by atoms with E-state index in [1.807, 2.05) is 0 Å². The zero-order valence-corrected chi connectivity index (χ0v) is 10.3. The molecule has 0 spiro atoms. The number of non-ortho nitro benzene ring substituents is 1. The van der Waals surface area contributed by atoms with Gasteiger partial charge in [0.15, 0.2) is 5.78 Å². The lowest BCUT2D eigenvalue weighted by Crippen LogP contribution is -1.96. The molecule has 0 fully saturated rings. The Morgan fingerprint density at radius 1 is 0.952 bits per heavy atom. The fraction of sp³-hybridized carbons (Fsp3) is 0. The first-order valence-corrected chi connectivity index (χ1v) is 5.75. The second kappa shape index (κ2) is 4.37. The number of nitro benzene ring substituents is 1. The van der Waals surface area contributed by atoms with Crippen LogP contribution in [-0.2, 0) is 0 Å². The second-order valence-corrected chi connectivity index (χ2v) is 4.39. The van der Waals surface area contributed by atoms with Crippen LogP contribution in [0.2, 0.25) is 0 Å². The Morgan fingerprint density at radius 2 is 1.71 bits per heavy atom. The Labute approximate surface area is 116 Å². The van der Waals surface area contributed by atoms with Gasteiger partial charge in [-0.15, -0.1) is 9.81 Å². The molecule has 0 N–H and O–H groups in total. The highest BCUT2D eigenvalue weighted by atomic mass is 16.6. The number of hydrogen-bond acceptors (Lipinski definition) is 7. The number of hydrogen-bond donors (Lipinski definition) is 0. The molecule has 3 rings (SSSR count). The summed E-state index contributed by atoms with van der Waals surface area (Å²) >= 11 is 0. The Kier molecular flexibility index (Phi) is 2.65. The topological polar surface area (TPSA) is 119 Å². The first-order valence-electron chi connectivity index (χ1n) is 5.75. The van der Waals surface area contributed by atoms with Crippen LogP contribution < -0.4 is 0 Å². The minimum Gasteiger partial charge on any atom is -0.289 e. The molecule has 21 heavy (non-hydrogen) atoms. The maximum atomic E-state index is 12.3. The Balaban J connectivity index is 2.33. The van der Waals surface area contributed by atoms with E-state index >= 15 is 0 Å². The van der Waals surface area contributed by atoms with E-state index in [2.05, 4.69) is 10.4 Å². The van der Waals surface area contributed by atoms with Crippen LogP contribution in [0.25, 0.3) is 11.1 Å². The highest BCUT2D eigenvalue weighted by molar-refractivity contribution is 6.24. The summed E-state index contributed by atoms with van der Waals surface area (Å²) in [7, 11) is 0. The molecule has 0 heterocycles. The zero-order chi connectivity index (χ0) is 15.1. The number of nitrogens with zero attached hydrogens (tertiary/aromatic N) is 3. The first kappa shape index (κ1) is 12.7. The van der Waals surface area contributed by atoms with Crippen LogP contribution in [0.4, 0.5) is 17.1 Å². The smallest absolute Gasteiger partial charge is 0.270 e. The van der Waals surface area contributed by atoms with Crippen LogP contribution >= 0.6 is 0 Å². The van der Waals surface area contributed by atoms with E-state index in [-0.39, 0.29) is 33.8 Å². The largest absolute Gasteiger partial charge is 0.289 e. The van der Waals surface area contributed by atoms with Crippen LogP contribution in [0, 0.1) is 19.9 Å². The molecule has 0 aliphatic heterocycles. The van der Waals surface area contributed by atoms with E-state index in [0.717, 1.165) is 6.07 Å². The van der Waals surface area contributed by atoms with Crippen molar-refractivity contribution in [3.63, 3.8) is 0 Å². The van der Waals surface area contributed by atoms with E-state index in [4.69, 9.17) is 0 Å². The molecule has 0 saturated heterocycles. The van der Waals surface area contributed by atoms with E-state index in [1.165, 1.54) is 24.3 Å². The van der Waals surface area contributed by atoms with E-state index in [0.29, 0.717) is 5.56 Å². The molecule has 0 amide bonds. The van der Waals surface area contributed by atoms with Crippen molar-refractivity contribution >= 4 is 22.8 Å². The molecule has 0 aromatic heterocycles. The number of carbonyl (C=O) groups excluding carboxylic acids is 1. The van der Waals surface area contributed by atoms with Crippen LogP contribution in [0.5, 0.6) is 0 Å². The van der Waals surface area contributed by atoms with Gasteiger partial charge in [-0.1, -0.05) is 0 Å². The van der Waals surface area contributed by atoms with Gasteiger partial charge >= 0.3 is 0 Å². The molecule has 1 aliphatic carbocycles. The second-order valence-electron chi connectivity index (χ2n) is 4.39. The summed E-state index contributed by atoms with van der Waals surface area (Å²) in [5, 5.41) is 16.3. The van der Waals surface area contributed by atoms with Gasteiger partial charge in [0.05, 0.1) is 4.92 Å². The first-order chi connectivity index (χ1) is 10.1. The number of rotatable bonds is 3. The normalized spacial score (nSPS) is 11.7. The lowest BCUT2D eigenvalue weighted by Gasteiger charge is -2.02. The van der Waals surface area contributed by atoms with Gasteiger partial charge in [0, 0.05) is 28.8 Å². The summed E-state index contributed by atoms with van der Waals surface area (Å²) in [6.45, 7) is 0. The van der Waals surface area contributed by atoms with Crippen molar-refractivity contribution < 1.29 is 9.72 Å². The Morgan fingerprint density at radius 3 is 2.33 bits per heavy atom. The van der Waals surface area contributed by atoms with Gasteiger partial charge in [-0.3, -0.25) is 14.9 Å². The molecule has 0 radical (unpaired) electrons. The van der Waals surface area contributed by atoms with E-state index < -0.39 is 10.7 Å². The minimum atomic E-state index is -0.617. The number of fused-ring (bicyclic) bond motifs is 3. The number of carbonyl (C=O) groups is 1. The zero-order valence-electron chi connectivity index (χ0n) is 10.3. The van der Waals surface area contributed by atoms with E-state index in [9.17, 15) is 24.7 Å². The third kappa shape index (κ3) is 1.73. The molecule has 2 aromatic rings. The number of benzene rings is 2. The predicted molar refractivity (Wildman–Crippen MR) is 72.9 cm³/mol. The number of nitro groups is 1. The molecule has 0 unspecified atom stereocenters. The third-order valence-corrected chi connectivity index (χ3v) is 3.28. The van der Waals surface area contributed by atoms with Crippen molar-refractivity contribution in [3.8, 4) is 11.1 Å². The van der Waals surface area contributed by atoms with Gasteiger partial charge < -0.3 is 0 Å². The Hall–Kier alpha value is -3.29. The molecule has 0 atom stereocenters. The molecule has 2 aromatic carbocycles. The summed E-state index contributed by atoms with van der Waals surface area (Å²) in [6.07, 6.45) is 0. The molecule has 102 valence electrons. The molecular weight excluding hydrogens is 278 g/mol. The lowest BCUT2D eigenvalue weighted by atomic mass is 10.0. The van der Waals surface area contributed by atoms with Crippen molar-refractivity contribution in [2.24, 2.45) is 10.4 Å². The Bertz CT molecular complexity index is 844. The SMILES string of the molecule is O=Nc1cc(N=O)c2c(c1)C(=O)c1cc([N+](=O)[O-])ccc1-2. The standard InChI is InChI=1S/C13H5N3O5/c17-13-9-5-7(16(20)21)1-2-8(9)12-10(13)3-6(14-18)4-11(12)15-19/h1-5H. The quantitative estimate of drug-likeness (QED) is 0.413. The average molecular weight is 283 g/mol. The van der Waals surface area contributed by atoms with Gasteiger partial charge in [-0.25, -0.2) is 0 Å². The van der Waals surface area contributed by atoms with Crippen molar-refractivity contribution in [3.05, 3.63) is 61.4 Å². The summed E-state index contributed by atoms with van der Waals surface area (Å²) < 4.78 is 0. The number of nitroso groups, excluding NO2 is 2. The van der Waals surface area contributed by atoms with Crippen molar-refractivity contribution in [2.45, 2.75) is 0 Å². The maximum Gasteiger partial charge on any atom is 0.270 e. The summed E-state index contributed by atoms with van der Waals surface area (Å²) in [5.41, 5.74) is 0.426. The lowest BCUT2D eigenvalue weighted by molar-refractivity contribution is -0.384. The van der Waals surface area contributed by atoms with Crippen LogP contribution in [0.15, 0.2) is 40.7 Å². The molecular formula is C13H5N3O5. The highest BCUT2D eigenvalue weighted by Crippen LogP contribution is 2.45. The van der Waals surface area contributed by atoms with Gasteiger partial charge in [-0.2, -0.15) is 0 Å². The van der Waals surface area contributed by atoms with Gasteiger partial charge in [0.25, 0.3) is 5.69 Å². The third-order valence-electron chi connectivity index (χ3n) is 3.28. The van der Waals surface area contributed by atoms with Crippen LogP contribution in [-0.4, -0.2) is 10.7 Å². The fourth-order valence-corrected chi connectivity index (χ4v) is 2.40.